The van der Waals surface area contributed by atoms with Gasteiger partial charge in [-0.15, -0.1) is 0 Å². The molecule has 0 saturated heterocycles. The van der Waals surface area contributed by atoms with Crippen LogP contribution in [-0.4, -0.2) is 18.8 Å². The topological polar surface area (TPSA) is 35.2 Å². The fraction of sp³-hybridized carbons (Fsp3) is 1.00. The van der Waals surface area contributed by atoms with Gasteiger partial charge in [0.1, 0.15) is 0 Å². The zero-order valence-electron chi connectivity index (χ0n) is 9.88. The van der Waals surface area contributed by atoms with Crippen LogP contribution in [0.1, 0.15) is 52.4 Å². The van der Waals surface area contributed by atoms with E-state index < -0.39 is 0 Å². The summed E-state index contributed by atoms with van der Waals surface area (Å²) in [4.78, 5) is 0. The molecule has 0 heterocycles. The molecule has 2 heteroatoms. The standard InChI is InChI=1S/C12H25NO/c1-4-11-6-5-7-12(13,9-11)8-10(2)14-3/h10-11H,4-9,13H2,1-3H3. The second-order valence-electron chi connectivity index (χ2n) is 4.98. The van der Waals surface area contributed by atoms with Crippen molar-refractivity contribution in [3.63, 3.8) is 0 Å². The molecule has 2 nitrogen and oxygen atoms in total. The first kappa shape index (κ1) is 12.0. The maximum atomic E-state index is 6.42. The Bertz CT molecular complexity index is 168. The summed E-state index contributed by atoms with van der Waals surface area (Å²) in [6.07, 6.45) is 7.63. The number of ether oxygens (including phenoxy) is 1. The SMILES string of the molecule is CCC1CCCC(N)(CC(C)OC)C1. The van der Waals surface area contributed by atoms with Gasteiger partial charge in [0, 0.05) is 12.6 Å². The van der Waals surface area contributed by atoms with Crippen molar-refractivity contribution in [2.45, 2.75) is 64.0 Å². The molecule has 0 aromatic rings. The highest BCUT2D eigenvalue weighted by molar-refractivity contribution is 4.91. The van der Waals surface area contributed by atoms with Crippen molar-refractivity contribution >= 4 is 0 Å². The lowest BCUT2D eigenvalue weighted by Gasteiger charge is -2.39. The summed E-state index contributed by atoms with van der Waals surface area (Å²) in [6, 6.07) is 0. The van der Waals surface area contributed by atoms with E-state index in [2.05, 4.69) is 13.8 Å². The van der Waals surface area contributed by atoms with Crippen LogP contribution in [0.4, 0.5) is 0 Å². The average molecular weight is 199 g/mol. The van der Waals surface area contributed by atoms with Crippen molar-refractivity contribution in [2.75, 3.05) is 7.11 Å². The van der Waals surface area contributed by atoms with Crippen LogP contribution in [-0.2, 0) is 4.74 Å². The lowest BCUT2D eigenvalue weighted by atomic mass is 9.73. The van der Waals surface area contributed by atoms with E-state index in [0.29, 0.717) is 6.10 Å². The Kier molecular flexibility index (Phi) is 4.39. The predicted octanol–water partition coefficient (Wildman–Crippen LogP) is 2.71. The largest absolute Gasteiger partial charge is 0.382 e. The van der Waals surface area contributed by atoms with Gasteiger partial charge in [0.15, 0.2) is 0 Å². The minimum atomic E-state index is 0.0500. The molecule has 0 aromatic carbocycles. The van der Waals surface area contributed by atoms with Gasteiger partial charge in [0.2, 0.25) is 0 Å². The second-order valence-corrected chi connectivity index (χ2v) is 4.98. The second kappa shape index (κ2) is 5.13. The van der Waals surface area contributed by atoms with Crippen LogP contribution in [0.5, 0.6) is 0 Å². The van der Waals surface area contributed by atoms with Crippen molar-refractivity contribution < 1.29 is 4.74 Å². The zero-order chi connectivity index (χ0) is 10.6. The highest BCUT2D eigenvalue weighted by atomic mass is 16.5. The van der Waals surface area contributed by atoms with Crippen molar-refractivity contribution in [2.24, 2.45) is 11.7 Å². The molecule has 1 fully saturated rings. The summed E-state index contributed by atoms with van der Waals surface area (Å²) in [7, 11) is 1.77. The van der Waals surface area contributed by atoms with Gasteiger partial charge < -0.3 is 10.5 Å². The van der Waals surface area contributed by atoms with Gasteiger partial charge >= 0.3 is 0 Å². The molecule has 0 amide bonds. The highest BCUT2D eigenvalue weighted by Crippen LogP contribution is 2.35. The van der Waals surface area contributed by atoms with Crippen LogP contribution in [0.2, 0.25) is 0 Å². The maximum Gasteiger partial charge on any atom is 0.0560 e. The minimum absolute atomic E-state index is 0.0500. The third-order valence-electron chi connectivity index (χ3n) is 3.66. The summed E-state index contributed by atoms with van der Waals surface area (Å²) in [6.45, 7) is 4.39. The number of methoxy groups -OCH3 is 1. The fourth-order valence-corrected chi connectivity index (χ4v) is 2.71. The summed E-state index contributed by atoms with van der Waals surface area (Å²) >= 11 is 0. The third kappa shape index (κ3) is 3.25. The molecule has 84 valence electrons. The molecule has 3 unspecified atom stereocenters. The first-order valence-corrected chi connectivity index (χ1v) is 5.91. The molecule has 1 aliphatic carbocycles. The summed E-state index contributed by atoms with van der Waals surface area (Å²) < 4.78 is 5.31. The van der Waals surface area contributed by atoms with E-state index in [4.69, 9.17) is 10.5 Å². The number of hydrogen-bond acceptors (Lipinski definition) is 2. The number of rotatable bonds is 4. The quantitative estimate of drug-likeness (QED) is 0.755. The predicted molar refractivity (Wildman–Crippen MR) is 60.3 cm³/mol. The van der Waals surface area contributed by atoms with Crippen LogP contribution >= 0.6 is 0 Å². The monoisotopic (exact) mass is 199 g/mol. The highest BCUT2D eigenvalue weighted by Gasteiger charge is 2.33. The molecule has 0 aliphatic heterocycles. The molecule has 0 aromatic heterocycles. The van der Waals surface area contributed by atoms with Crippen LogP contribution < -0.4 is 5.73 Å². The Morgan fingerprint density at radius 3 is 2.86 bits per heavy atom. The van der Waals surface area contributed by atoms with E-state index in [-0.39, 0.29) is 5.54 Å². The molecule has 0 bridgehead atoms. The van der Waals surface area contributed by atoms with Gasteiger partial charge in [0.25, 0.3) is 0 Å². The Hall–Kier alpha value is -0.0800. The van der Waals surface area contributed by atoms with Gasteiger partial charge in [-0.2, -0.15) is 0 Å². The lowest BCUT2D eigenvalue weighted by Crippen LogP contribution is -2.46. The van der Waals surface area contributed by atoms with E-state index in [0.717, 1.165) is 12.3 Å². The van der Waals surface area contributed by atoms with E-state index >= 15 is 0 Å². The van der Waals surface area contributed by atoms with Crippen molar-refractivity contribution in [1.82, 2.24) is 0 Å². The van der Waals surface area contributed by atoms with Gasteiger partial charge in [-0.3, -0.25) is 0 Å². The molecule has 1 saturated carbocycles. The van der Waals surface area contributed by atoms with E-state index in [9.17, 15) is 0 Å². The first-order valence-electron chi connectivity index (χ1n) is 5.91. The fourth-order valence-electron chi connectivity index (χ4n) is 2.71. The Morgan fingerprint density at radius 2 is 2.29 bits per heavy atom. The van der Waals surface area contributed by atoms with Gasteiger partial charge in [-0.1, -0.05) is 26.2 Å². The van der Waals surface area contributed by atoms with Gasteiger partial charge in [-0.05, 0) is 32.1 Å². The Morgan fingerprint density at radius 1 is 1.57 bits per heavy atom. The molecule has 0 radical (unpaired) electrons. The zero-order valence-corrected chi connectivity index (χ0v) is 9.88. The normalized spacial score (nSPS) is 35.6. The summed E-state index contributed by atoms with van der Waals surface area (Å²) in [5.41, 5.74) is 6.47. The molecule has 14 heavy (non-hydrogen) atoms. The third-order valence-corrected chi connectivity index (χ3v) is 3.66. The Balaban J connectivity index is 2.46. The van der Waals surface area contributed by atoms with E-state index in [1.54, 1.807) is 7.11 Å². The molecule has 0 spiro atoms. The van der Waals surface area contributed by atoms with Crippen molar-refractivity contribution in [3.8, 4) is 0 Å². The molecule has 1 aliphatic rings. The summed E-state index contributed by atoms with van der Waals surface area (Å²) in [5, 5.41) is 0. The summed E-state index contributed by atoms with van der Waals surface area (Å²) in [5.74, 6) is 0.845. The molecular weight excluding hydrogens is 174 g/mol. The van der Waals surface area contributed by atoms with E-state index in [1.807, 2.05) is 0 Å². The van der Waals surface area contributed by atoms with Gasteiger partial charge in [-0.25, -0.2) is 0 Å². The van der Waals surface area contributed by atoms with Crippen molar-refractivity contribution in [1.29, 1.82) is 0 Å². The molecule has 2 N–H and O–H groups in total. The molecule has 3 atom stereocenters. The number of nitrogens with two attached hydrogens (primary N) is 1. The molecular formula is C12H25NO. The van der Waals surface area contributed by atoms with Crippen LogP contribution in [0.25, 0.3) is 0 Å². The average Bonchev–Trinajstić information content (AvgIpc) is 2.17. The maximum absolute atomic E-state index is 6.42. The molecule has 1 rings (SSSR count). The van der Waals surface area contributed by atoms with Gasteiger partial charge in [0.05, 0.1) is 6.10 Å². The van der Waals surface area contributed by atoms with Crippen LogP contribution in [0.3, 0.4) is 0 Å². The van der Waals surface area contributed by atoms with Crippen molar-refractivity contribution in [3.05, 3.63) is 0 Å². The van der Waals surface area contributed by atoms with E-state index in [1.165, 1.54) is 32.1 Å². The lowest BCUT2D eigenvalue weighted by molar-refractivity contribution is 0.0699. The Labute approximate surface area is 88.2 Å². The minimum Gasteiger partial charge on any atom is -0.382 e. The first-order chi connectivity index (χ1) is 6.59. The van der Waals surface area contributed by atoms with Crippen LogP contribution in [0, 0.1) is 5.92 Å². The number of hydrogen-bond donors (Lipinski definition) is 1. The smallest absolute Gasteiger partial charge is 0.0560 e. The van der Waals surface area contributed by atoms with Crippen LogP contribution in [0.15, 0.2) is 0 Å².